The van der Waals surface area contributed by atoms with E-state index in [2.05, 4.69) is 60.3 Å². The number of carbonyl (C=O) groups is 1. The molecule has 1 N–H and O–H groups in total. The highest BCUT2D eigenvalue weighted by molar-refractivity contribution is 6.67. The molecule has 1 aromatic rings. The molecule has 182 valence electrons. The SMILES string of the molecule is C=C(C)C(=O)OCCC[Si](CCCc1cc(C(C)(C)C)c(O)c(C(C)(C)C)c1)(OC)OC. The van der Waals surface area contributed by atoms with Crippen molar-refractivity contribution in [3.8, 4) is 5.75 Å². The van der Waals surface area contributed by atoms with Crippen LogP contribution in [0, 0.1) is 0 Å². The first-order valence-corrected chi connectivity index (χ1v) is 13.7. The molecular weight excluding hydrogens is 420 g/mol. The second kappa shape index (κ2) is 11.5. The minimum absolute atomic E-state index is 0.140. The van der Waals surface area contributed by atoms with E-state index in [9.17, 15) is 9.90 Å². The Morgan fingerprint density at radius 1 is 0.969 bits per heavy atom. The topological polar surface area (TPSA) is 65.0 Å². The van der Waals surface area contributed by atoms with Gasteiger partial charge in [0.05, 0.1) is 6.61 Å². The van der Waals surface area contributed by atoms with Gasteiger partial charge in [-0.15, -0.1) is 0 Å². The third-order valence-electron chi connectivity index (χ3n) is 5.84. The van der Waals surface area contributed by atoms with Gasteiger partial charge >= 0.3 is 14.5 Å². The fourth-order valence-corrected chi connectivity index (χ4v) is 6.42. The van der Waals surface area contributed by atoms with Crippen LogP contribution in [-0.2, 0) is 35.6 Å². The van der Waals surface area contributed by atoms with Crippen molar-refractivity contribution in [1.29, 1.82) is 0 Å². The third kappa shape index (κ3) is 8.05. The number of phenolic OH excluding ortho intramolecular Hbond substituents is 1. The summed E-state index contributed by atoms with van der Waals surface area (Å²) in [6.07, 6.45) is 2.52. The highest BCUT2D eigenvalue weighted by atomic mass is 28.4. The normalized spacial score (nSPS) is 12.7. The number of aryl methyl sites for hydroxylation is 1. The summed E-state index contributed by atoms with van der Waals surface area (Å²) >= 11 is 0. The van der Waals surface area contributed by atoms with Crippen LogP contribution in [0.4, 0.5) is 0 Å². The van der Waals surface area contributed by atoms with E-state index < -0.39 is 8.56 Å². The summed E-state index contributed by atoms with van der Waals surface area (Å²) in [5.74, 6) is 0.0549. The van der Waals surface area contributed by atoms with Crippen molar-refractivity contribution in [3.63, 3.8) is 0 Å². The van der Waals surface area contributed by atoms with Gasteiger partial charge in [-0.25, -0.2) is 4.79 Å². The molecule has 32 heavy (non-hydrogen) atoms. The Bertz CT molecular complexity index is 747. The standard InChI is InChI=1S/C26H44O5Si/c1-19(2)24(28)31-14-12-16-32(29-9,30-10)15-11-13-20-17-21(25(3,4)5)23(27)22(18-20)26(6,7)8/h17-18,27H,1,11-16H2,2-10H3. The quantitative estimate of drug-likeness (QED) is 0.184. The number of phenols is 1. The molecule has 0 unspecified atom stereocenters. The molecule has 0 heterocycles. The molecule has 0 aliphatic rings. The van der Waals surface area contributed by atoms with E-state index in [1.807, 2.05) is 0 Å². The average molecular weight is 465 g/mol. The number of esters is 1. The number of carbonyl (C=O) groups excluding carboxylic acids is 1. The molecule has 1 aromatic carbocycles. The number of rotatable bonds is 11. The first kappa shape index (κ1) is 28.4. The monoisotopic (exact) mass is 464 g/mol. The van der Waals surface area contributed by atoms with Gasteiger partial charge in [0, 0.05) is 19.8 Å². The maximum atomic E-state index is 11.6. The molecule has 0 saturated carbocycles. The lowest BCUT2D eigenvalue weighted by Gasteiger charge is -2.29. The molecule has 0 fully saturated rings. The Balaban J connectivity index is 2.90. The minimum Gasteiger partial charge on any atom is -0.507 e. The van der Waals surface area contributed by atoms with Gasteiger partial charge in [-0.05, 0) is 65.8 Å². The Kier molecular flexibility index (Phi) is 10.2. The average Bonchev–Trinajstić information content (AvgIpc) is 2.68. The second-order valence-electron chi connectivity index (χ2n) is 10.7. The molecule has 0 aliphatic carbocycles. The summed E-state index contributed by atoms with van der Waals surface area (Å²) < 4.78 is 17.0. The zero-order valence-electron chi connectivity index (χ0n) is 21.7. The van der Waals surface area contributed by atoms with E-state index in [1.54, 1.807) is 21.1 Å². The van der Waals surface area contributed by atoms with Gasteiger partial charge in [-0.2, -0.15) is 0 Å². The van der Waals surface area contributed by atoms with Crippen LogP contribution in [0.2, 0.25) is 12.1 Å². The molecule has 0 aliphatic heterocycles. The van der Waals surface area contributed by atoms with Gasteiger partial charge in [0.1, 0.15) is 5.75 Å². The Hall–Kier alpha value is -1.63. The maximum Gasteiger partial charge on any atom is 0.337 e. The van der Waals surface area contributed by atoms with Crippen LogP contribution < -0.4 is 0 Å². The largest absolute Gasteiger partial charge is 0.507 e. The molecule has 5 nitrogen and oxygen atoms in total. The fourth-order valence-electron chi connectivity index (χ4n) is 3.79. The molecule has 0 spiro atoms. The van der Waals surface area contributed by atoms with Crippen LogP contribution in [0.1, 0.15) is 78.0 Å². The zero-order chi connectivity index (χ0) is 24.7. The number of ether oxygens (including phenoxy) is 1. The molecule has 1 rings (SSSR count). The van der Waals surface area contributed by atoms with Crippen molar-refractivity contribution in [2.75, 3.05) is 20.8 Å². The van der Waals surface area contributed by atoms with Gasteiger partial charge in [-0.1, -0.05) is 60.3 Å². The lowest BCUT2D eigenvalue weighted by Crippen LogP contribution is -2.40. The summed E-state index contributed by atoms with van der Waals surface area (Å²) in [5.41, 5.74) is 3.33. The van der Waals surface area contributed by atoms with Gasteiger partial charge in [0.15, 0.2) is 0 Å². The summed E-state index contributed by atoms with van der Waals surface area (Å²) in [6.45, 7) is 18.4. The van der Waals surface area contributed by atoms with E-state index in [0.29, 0.717) is 24.4 Å². The predicted molar refractivity (Wildman–Crippen MR) is 134 cm³/mol. The summed E-state index contributed by atoms with van der Waals surface area (Å²) in [6, 6.07) is 5.90. The Morgan fingerprint density at radius 3 is 1.84 bits per heavy atom. The second-order valence-corrected chi connectivity index (χ2v) is 14.4. The van der Waals surface area contributed by atoms with Crippen LogP contribution in [0.15, 0.2) is 24.3 Å². The molecule has 0 radical (unpaired) electrons. The van der Waals surface area contributed by atoms with Crippen molar-refractivity contribution < 1.29 is 23.5 Å². The van der Waals surface area contributed by atoms with Crippen LogP contribution in [0.5, 0.6) is 5.75 Å². The predicted octanol–water partition coefficient (Wildman–Crippen LogP) is 6.16. The van der Waals surface area contributed by atoms with Crippen molar-refractivity contribution in [1.82, 2.24) is 0 Å². The highest BCUT2D eigenvalue weighted by Crippen LogP contribution is 2.40. The number of hydrogen-bond acceptors (Lipinski definition) is 5. The first-order chi connectivity index (χ1) is 14.7. The maximum absolute atomic E-state index is 11.6. The van der Waals surface area contributed by atoms with Crippen LogP contribution in [0.3, 0.4) is 0 Å². The Morgan fingerprint density at radius 2 is 1.44 bits per heavy atom. The molecule has 0 atom stereocenters. The first-order valence-electron chi connectivity index (χ1n) is 11.5. The minimum atomic E-state index is -2.37. The molecule has 0 saturated heterocycles. The number of benzene rings is 1. The van der Waals surface area contributed by atoms with Crippen LogP contribution in [0.25, 0.3) is 0 Å². The van der Waals surface area contributed by atoms with E-state index in [-0.39, 0.29) is 16.8 Å². The third-order valence-corrected chi connectivity index (χ3v) is 9.56. The van der Waals surface area contributed by atoms with Gasteiger partial charge in [0.25, 0.3) is 0 Å². The summed E-state index contributed by atoms with van der Waals surface area (Å²) in [4.78, 5) is 11.6. The number of aromatic hydroxyl groups is 1. The molecule has 0 amide bonds. The van der Waals surface area contributed by atoms with E-state index in [0.717, 1.165) is 36.1 Å². The lowest BCUT2D eigenvalue weighted by molar-refractivity contribution is -0.138. The van der Waals surface area contributed by atoms with Gasteiger partial charge < -0.3 is 18.7 Å². The zero-order valence-corrected chi connectivity index (χ0v) is 22.7. The highest BCUT2D eigenvalue weighted by Gasteiger charge is 2.34. The van der Waals surface area contributed by atoms with E-state index in [4.69, 9.17) is 13.6 Å². The molecule has 0 aromatic heterocycles. The van der Waals surface area contributed by atoms with Gasteiger partial charge in [0.2, 0.25) is 0 Å². The molecule has 0 bridgehead atoms. The van der Waals surface area contributed by atoms with E-state index >= 15 is 0 Å². The van der Waals surface area contributed by atoms with Gasteiger partial charge in [-0.3, -0.25) is 0 Å². The summed E-state index contributed by atoms with van der Waals surface area (Å²) in [5, 5.41) is 10.9. The lowest BCUT2D eigenvalue weighted by atomic mass is 9.78. The molecule has 6 heteroatoms. The Labute approximate surface area is 196 Å². The fraction of sp³-hybridized carbons (Fsp3) is 0.654. The van der Waals surface area contributed by atoms with Crippen LogP contribution >= 0.6 is 0 Å². The summed E-state index contributed by atoms with van der Waals surface area (Å²) in [7, 11) is 1.06. The smallest absolute Gasteiger partial charge is 0.337 e. The van der Waals surface area contributed by atoms with Crippen molar-refractivity contribution in [2.24, 2.45) is 0 Å². The van der Waals surface area contributed by atoms with E-state index in [1.165, 1.54) is 5.56 Å². The molecular formula is C26H44O5Si. The van der Waals surface area contributed by atoms with Crippen LogP contribution in [-0.4, -0.2) is 40.5 Å². The van der Waals surface area contributed by atoms with Crippen molar-refractivity contribution >= 4 is 14.5 Å². The van der Waals surface area contributed by atoms with Crippen molar-refractivity contribution in [3.05, 3.63) is 41.0 Å². The van der Waals surface area contributed by atoms with Crippen molar-refractivity contribution in [2.45, 2.75) is 90.6 Å². The number of hydrogen-bond donors (Lipinski definition) is 1.